The fourth-order valence-electron chi connectivity index (χ4n) is 2.52. The van der Waals surface area contributed by atoms with Crippen molar-refractivity contribution < 1.29 is 8.42 Å². The molecule has 108 valence electrons. The second-order valence-electron chi connectivity index (χ2n) is 5.26. The van der Waals surface area contributed by atoms with Gasteiger partial charge >= 0.3 is 0 Å². The zero-order valence-corrected chi connectivity index (χ0v) is 13.4. The van der Waals surface area contributed by atoms with Gasteiger partial charge in [0, 0.05) is 21.8 Å². The van der Waals surface area contributed by atoms with Crippen LogP contribution in [0.3, 0.4) is 0 Å². The fraction of sp³-hybridized carbons (Fsp3) is 0.692. The van der Waals surface area contributed by atoms with Gasteiger partial charge in [-0.15, -0.1) is 11.3 Å². The molecule has 1 aromatic rings. The van der Waals surface area contributed by atoms with Crippen molar-refractivity contribution in [1.29, 1.82) is 0 Å². The molecule has 2 N–H and O–H groups in total. The fourth-order valence-corrected chi connectivity index (χ4v) is 5.70. The van der Waals surface area contributed by atoms with Crippen LogP contribution in [0.2, 0.25) is 0 Å². The van der Waals surface area contributed by atoms with E-state index in [4.69, 9.17) is 0 Å². The Morgan fingerprint density at radius 3 is 2.58 bits per heavy atom. The monoisotopic (exact) mass is 302 g/mol. The molecule has 0 unspecified atom stereocenters. The van der Waals surface area contributed by atoms with Crippen molar-refractivity contribution >= 4 is 21.4 Å². The van der Waals surface area contributed by atoms with Crippen LogP contribution in [0.25, 0.3) is 0 Å². The van der Waals surface area contributed by atoms with Gasteiger partial charge in [-0.3, -0.25) is 0 Å². The van der Waals surface area contributed by atoms with Gasteiger partial charge in [0.05, 0.1) is 4.90 Å². The Kier molecular flexibility index (Phi) is 4.35. The standard InChI is InChI=1S/C13H22N2O2S2/c1-4-13(6-5-7-13)15-19(16,17)12-8-11(9-14-3)18-10(12)2/h8,14-15H,4-7,9H2,1-3H3. The molecule has 1 fully saturated rings. The molecule has 1 saturated carbocycles. The van der Waals surface area contributed by atoms with Crippen molar-refractivity contribution in [3.05, 3.63) is 15.8 Å². The normalized spacial score (nSPS) is 18.3. The Morgan fingerprint density at radius 1 is 1.42 bits per heavy atom. The Labute approximate surface area is 119 Å². The zero-order chi connectivity index (χ0) is 14.1. The molecule has 1 aliphatic carbocycles. The van der Waals surface area contributed by atoms with Crippen LogP contribution >= 0.6 is 11.3 Å². The van der Waals surface area contributed by atoms with E-state index in [9.17, 15) is 8.42 Å². The molecule has 19 heavy (non-hydrogen) atoms. The summed E-state index contributed by atoms with van der Waals surface area (Å²) in [5, 5.41) is 3.05. The van der Waals surface area contributed by atoms with Crippen molar-refractivity contribution in [2.45, 2.75) is 56.5 Å². The van der Waals surface area contributed by atoms with Gasteiger partial charge in [0.15, 0.2) is 0 Å². The predicted molar refractivity (Wildman–Crippen MR) is 79.0 cm³/mol. The number of sulfonamides is 1. The van der Waals surface area contributed by atoms with Gasteiger partial charge in [0.25, 0.3) is 0 Å². The first-order valence-corrected chi connectivity index (χ1v) is 9.00. The summed E-state index contributed by atoms with van der Waals surface area (Å²) in [6.45, 7) is 4.63. The van der Waals surface area contributed by atoms with E-state index in [0.29, 0.717) is 11.4 Å². The van der Waals surface area contributed by atoms with Gasteiger partial charge in [-0.25, -0.2) is 13.1 Å². The molecule has 0 amide bonds. The SMILES string of the molecule is CCC1(NS(=O)(=O)c2cc(CNC)sc2C)CCC1. The minimum absolute atomic E-state index is 0.198. The molecule has 0 radical (unpaired) electrons. The third-order valence-corrected chi connectivity index (χ3v) is 6.79. The molecule has 1 aliphatic rings. The first kappa shape index (κ1) is 15.0. The highest BCUT2D eigenvalue weighted by molar-refractivity contribution is 7.89. The number of aryl methyl sites for hydroxylation is 1. The highest BCUT2D eigenvalue weighted by Crippen LogP contribution is 2.37. The summed E-state index contributed by atoms with van der Waals surface area (Å²) in [6.07, 6.45) is 3.88. The quantitative estimate of drug-likeness (QED) is 0.848. The maximum atomic E-state index is 12.5. The number of hydrogen-bond donors (Lipinski definition) is 2. The van der Waals surface area contributed by atoms with Crippen molar-refractivity contribution in [3.63, 3.8) is 0 Å². The lowest BCUT2D eigenvalue weighted by atomic mass is 9.76. The van der Waals surface area contributed by atoms with Crippen LogP contribution in [-0.2, 0) is 16.6 Å². The van der Waals surface area contributed by atoms with E-state index >= 15 is 0 Å². The molecule has 0 bridgehead atoms. The van der Waals surface area contributed by atoms with Crippen LogP contribution in [0.4, 0.5) is 0 Å². The van der Waals surface area contributed by atoms with Crippen LogP contribution < -0.4 is 10.0 Å². The number of rotatable bonds is 6. The maximum Gasteiger partial charge on any atom is 0.242 e. The zero-order valence-electron chi connectivity index (χ0n) is 11.7. The summed E-state index contributed by atoms with van der Waals surface area (Å²) in [7, 11) is -1.52. The lowest BCUT2D eigenvalue weighted by Gasteiger charge is -2.41. The molecule has 6 heteroatoms. The molecule has 4 nitrogen and oxygen atoms in total. The number of nitrogens with one attached hydrogen (secondary N) is 2. The van der Waals surface area contributed by atoms with Crippen molar-refractivity contribution in [3.8, 4) is 0 Å². The lowest BCUT2D eigenvalue weighted by molar-refractivity contribution is 0.214. The van der Waals surface area contributed by atoms with E-state index in [1.807, 2.05) is 14.0 Å². The van der Waals surface area contributed by atoms with Crippen molar-refractivity contribution in [2.75, 3.05) is 7.05 Å². The molecule has 1 aromatic heterocycles. The molecule has 0 aromatic carbocycles. The second kappa shape index (κ2) is 5.52. The number of thiophene rings is 1. The Bertz CT molecular complexity index is 539. The van der Waals surface area contributed by atoms with E-state index < -0.39 is 10.0 Å². The van der Waals surface area contributed by atoms with E-state index in [2.05, 4.69) is 17.0 Å². The van der Waals surface area contributed by atoms with Crippen molar-refractivity contribution in [1.82, 2.24) is 10.0 Å². The maximum absolute atomic E-state index is 12.5. The molecule has 1 heterocycles. The largest absolute Gasteiger partial charge is 0.315 e. The molecule has 0 atom stereocenters. The predicted octanol–water partition coefficient (Wildman–Crippen LogP) is 2.39. The van der Waals surface area contributed by atoms with Crippen LogP contribution in [-0.4, -0.2) is 21.0 Å². The molecule has 0 spiro atoms. The Balaban J connectivity index is 2.24. The molecule has 2 rings (SSSR count). The highest BCUT2D eigenvalue weighted by atomic mass is 32.2. The first-order chi connectivity index (χ1) is 8.92. The smallest absolute Gasteiger partial charge is 0.242 e. The third kappa shape index (κ3) is 3.02. The second-order valence-corrected chi connectivity index (χ2v) is 8.25. The molecular formula is C13H22N2O2S2. The van der Waals surface area contributed by atoms with Crippen LogP contribution in [0, 0.1) is 6.92 Å². The van der Waals surface area contributed by atoms with Crippen LogP contribution in [0.5, 0.6) is 0 Å². The highest BCUT2D eigenvalue weighted by Gasteiger charge is 2.39. The Morgan fingerprint density at radius 2 is 2.11 bits per heavy atom. The van der Waals surface area contributed by atoms with Gasteiger partial charge in [0.1, 0.15) is 0 Å². The van der Waals surface area contributed by atoms with Gasteiger partial charge in [-0.2, -0.15) is 0 Å². The summed E-state index contributed by atoms with van der Waals surface area (Å²) in [5.74, 6) is 0. The van der Waals surface area contributed by atoms with Gasteiger partial charge in [0.2, 0.25) is 10.0 Å². The van der Waals surface area contributed by atoms with E-state index in [0.717, 1.165) is 35.4 Å². The lowest BCUT2D eigenvalue weighted by Crippen LogP contribution is -2.52. The molecular weight excluding hydrogens is 280 g/mol. The third-order valence-electron chi connectivity index (χ3n) is 3.90. The summed E-state index contributed by atoms with van der Waals surface area (Å²) in [4.78, 5) is 2.37. The van der Waals surface area contributed by atoms with Crippen molar-refractivity contribution in [2.24, 2.45) is 0 Å². The number of hydrogen-bond acceptors (Lipinski definition) is 4. The molecule has 0 aliphatic heterocycles. The molecule has 0 saturated heterocycles. The summed E-state index contributed by atoms with van der Waals surface area (Å²) < 4.78 is 28.0. The summed E-state index contributed by atoms with van der Waals surface area (Å²) in [5.41, 5.74) is -0.198. The van der Waals surface area contributed by atoms with Crippen LogP contribution in [0.15, 0.2) is 11.0 Å². The summed E-state index contributed by atoms with van der Waals surface area (Å²) in [6, 6.07) is 1.79. The topological polar surface area (TPSA) is 58.2 Å². The van der Waals surface area contributed by atoms with E-state index in [1.165, 1.54) is 0 Å². The first-order valence-electron chi connectivity index (χ1n) is 6.70. The average Bonchev–Trinajstić information content (AvgIpc) is 2.66. The van der Waals surface area contributed by atoms with Crippen LogP contribution in [0.1, 0.15) is 42.4 Å². The van der Waals surface area contributed by atoms with Gasteiger partial charge < -0.3 is 5.32 Å². The van der Waals surface area contributed by atoms with Gasteiger partial charge in [-0.1, -0.05) is 6.92 Å². The average molecular weight is 302 g/mol. The Hall–Kier alpha value is -0.430. The summed E-state index contributed by atoms with van der Waals surface area (Å²) >= 11 is 1.54. The van der Waals surface area contributed by atoms with E-state index in [1.54, 1.807) is 17.4 Å². The van der Waals surface area contributed by atoms with E-state index in [-0.39, 0.29) is 5.54 Å². The van der Waals surface area contributed by atoms with Gasteiger partial charge in [-0.05, 0) is 45.7 Å². The minimum Gasteiger partial charge on any atom is -0.315 e. The minimum atomic E-state index is -3.39.